The van der Waals surface area contributed by atoms with Crippen molar-refractivity contribution >= 4 is 15.6 Å². The summed E-state index contributed by atoms with van der Waals surface area (Å²) in [6.07, 6.45) is 0. The summed E-state index contributed by atoms with van der Waals surface area (Å²) in [5, 5.41) is 11.8. The number of hydrogen-bond donors (Lipinski definition) is 0. The minimum atomic E-state index is -3.52. The molecule has 2 aromatic rings. The first-order chi connectivity index (χ1) is 9.43. The molecule has 3 nitrogen and oxygen atoms in total. The molecule has 0 amide bonds. The Kier molecular flexibility index (Phi) is 5.85. The zero-order valence-corrected chi connectivity index (χ0v) is 13.1. The van der Waals surface area contributed by atoms with E-state index in [1.165, 1.54) is 12.1 Å². The summed E-state index contributed by atoms with van der Waals surface area (Å²) in [7, 11) is -3.52. The van der Waals surface area contributed by atoms with Gasteiger partial charge in [-0.05, 0) is 43.7 Å². The fraction of sp³-hybridized carbons (Fsp3) is 0.125. The molecule has 0 radical (unpaired) electrons. The molecule has 2 rings (SSSR count). The van der Waals surface area contributed by atoms with Crippen molar-refractivity contribution in [3.05, 3.63) is 65.7 Å². The summed E-state index contributed by atoms with van der Waals surface area (Å²) in [6, 6.07) is 14.3. The van der Waals surface area contributed by atoms with Crippen LogP contribution in [0.2, 0.25) is 0 Å². The van der Waals surface area contributed by atoms with E-state index in [4.69, 9.17) is 0 Å². The molecule has 0 fully saturated rings. The minimum absolute atomic E-state index is 0. The minimum Gasteiger partial charge on any atom is -0.872 e. The molecular weight excluding hydrogens is 279 g/mol. The maximum Gasteiger partial charge on any atom is 1.00 e. The molecular formula is C16H15LiO3S. The summed E-state index contributed by atoms with van der Waals surface area (Å²) >= 11 is 0. The van der Waals surface area contributed by atoms with E-state index in [0.29, 0.717) is 11.1 Å². The first-order valence-electron chi connectivity index (χ1n) is 6.18. The summed E-state index contributed by atoms with van der Waals surface area (Å²) < 4.78 is 24.7. The van der Waals surface area contributed by atoms with E-state index >= 15 is 0 Å². The zero-order valence-electron chi connectivity index (χ0n) is 12.3. The van der Waals surface area contributed by atoms with Gasteiger partial charge in [0.25, 0.3) is 0 Å². The number of rotatable bonds is 3. The van der Waals surface area contributed by atoms with E-state index in [1.54, 1.807) is 56.3 Å². The predicted molar refractivity (Wildman–Crippen MR) is 76.6 cm³/mol. The smallest absolute Gasteiger partial charge is 0.872 e. The van der Waals surface area contributed by atoms with E-state index in [9.17, 15) is 13.5 Å². The van der Waals surface area contributed by atoms with Gasteiger partial charge in [-0.1, -0.05) is 35.9 Å². The van der Waals surface area contributed by atoms with Crippen molar-refractivity contribution in [3.63, 3.8) is 0 Å². The Hall–Kier alpha value is -1.47. The van der Waals surface area contributed by atoms with E-state index in [1.807, 2.05) is 0 Å². The van der Waals surface area contributed by atoms with Crippen LogP contribution in [-0.2, 0) is 9.84 Å². The van der Waals surface area contributed by atoms with Crippen LogP contribution >= 0.6 is 0 Å². The third kappa shape index (κ3) is 3.79. The van der Waals surface area contributed by atoms with Gasteiger partial charge in [0.1, 0.15) is 0 Å². The molecule has 0 saturated carbocycles. The van der Waals surface area contributed by atoms with Crippen LogP contribution in [0.15, 0.2) is 70.0 Å². The Balaban J connectivity index is 0.00000220. The molecule has 0 saturated heterocycles. The maximum absolute atomic E-state index is 12.4. The molecule has 0 atom stereocenters. The normalized spacial score (nSPS) is 10.6. The van der Waals surface area contributed by atoms with Crippen LogP contribution < -0.4 is 24.0 Å². The Morgan fingerprint density at radius 1 is 0.857 bits per heavy atom. The van der Waals surface area contributed by atoms with Gasteiger partial charge in [0.15, 0.2) is 0 Å². The van der Waals surface area contributed by atoms with E-state index in [-0.39, 0.29) is 34.4 Å². The zero-order chi connectivity index (χ0) is 14.8. The SMILES string of the molecule is CC(C)=C([O-])c1ccc(S(=O)(=O)c2ccccc2)cc1.[Li+]. The number of benzene rings is 2. The van der Waals surface area contributed by atoms with Crippen LogP contribution in [0.5, 0.6) is 0 Å². The van der Waals surface area contributed by atoms with Crippen LogP contribution in [-0.4, -0.2) is 8.42 Å². The van der Waals surface area contributed by atoms with Crippen LogP contribution in [0.3, 0.4) is 0 Å². The van der Waals surface area contributed by atoms with E-state index < -0.39 is 9.84 Å². The summed E-state index contributed by atoms with van der Waals surface area (Å²) in [5.41, 5.74) is 1.17. The molecule has 0 aliphatic heterocycles. The van der Waals surface area contributed by atoms with Gasteiger partial charge in [-0.3, -0.25) is 0 Å². The summed E-state index contributed by atoms with van der Waals surface area (Å²) in [5.74, 6) is -0.0753. The number of hydrogen-bond acceptors (Lipinski definition) is 3. The third-order valence-corrected chi connectivity index (χ3v) is 4.72. The van der Waals surface area contributed by atoms with Gasteiger partial charge < -0.3 is 5.11 Å². The van der Waals surface area contributed by atoms with Crippen molar-refractivity contribution in [1.82, 2.24) is 0 Å². The standard InChI is InChI=1S/C16H16O3S.Li/c1-12(2)16(17)13-8-10-15(11-9-13)20(18,19)14-6-4-3-5-7-14;/h3-11,17H,1-2H3;/q;+1/p-1. The molecule has 104 valence electrons. The summed E-state index contributed by atoms with van der Waals surface area (Å²) in [4.78, 5) is 0.436. The first kappa shape index (κ1) is 17.6. The Morgan fingerprint density at radius 2 is 1.33 bits per heavy atom. The van der Waals surface area contributed by atoms with Gasteiger partial charge in [-0.15, -0.1) is 5.76 Å². The maximum atomic E-state index is 12.4. The Bertz CT molecular complexity index is 729. The van der Waals surface area contributed by atoms with Crippen molar-refractivity contribution in [2.24, 2.45) is 0 Å². The summed E-state index contributed by atoms with van der Waals surface area (Å²) in [6.45, 7) is 3.47. The largest absolute Gasteiger partial charge is 1.00 e. The van der Waals surface area contributed by atoms with E-state index in [2.05, 4.69) is 0 Å². The predicted octanol–water partition coefficient (Wildman–Crippen LogP) is -0.365. The molecule has 0 aliphatic rings. The monoisotopic (exact) mass is 294 g/mol. The number of sulfone groups is 1. The quantitative estimate of drug-likeness (QED) is 0.573. The molecule has 21 heavy (non-hydrogen) atoms. The topological polar surface area (TPSA) is 57.2 Å². The second kappa shape index (κ2) is 6.99. The average molecular weight is 294 g/mol. The Morgan fingerprint density at radius 3 is 1.81 bits per heavy atom. The molecule has 0 aliphatic carbocycles. The van der Waals surface area contributed by atoms with E-state index in [0.717, 1.165) is 0 Å². The van der Waals surface area contributed by atoms with Crippen LogP contribution in [0.25, 0.3) is 5.76 Å². The number of allylic oxidation sites excluding steroid dienone is 1. The van der Waals surface area contributed by atoms with Crippen molar-refractivity contribution in [2.75, 3.05) is 0 Å². The van der Waals surface area contributed by atoms with Crippen molar-refractivity contribution < 1.29 is 32.4 Å². The van der Waals surface area contributed by atoms with Gasteiger partial charge in [0.05, 0.1) is 9.79 Å². The van der Waals surface area contributed by atoms with Gasteiger partial charge >= 0.3 is 18.9 Å². The Labute approximate surface area is 137 Å². The van der Waals surface area contributed by atoms with Crippen LogP contribution in [0.4, 0.5) is 0 Å². The molecule has 5 heteroatoms. The molecule has 0 spiro atoms. The van der Waals surface area contributed by atoms with Gasteiger partial charge in [0, 0.05) is 0 Å². The molecule has 0 aromatic heterocycles. The molecule has 2 aromatic carbocycles. The second-order valence-corrected chi connectivity index (χ2v) is 6.62. The third-order valence-electron chi connectivity index (χ3n) is 2.93. The van der Waals surface area contributed by atoms with Gasteiger partial charge in [-0.2, -0.15) is 0 Å². The van der Waals surface area contributed by atoms with Crippen LogP contribution in [0, 0.1) is 0 Å². The molecule has 0 unspecified atom stereocenters. The second-order valence-electron chi connectivity index (χ2n) is 4.67. The van der Waals surface area contributed by atoms with Crippen molar-refractivity contribution in [2.45, 2.75) is 23.6 Å². The van der Waals surface area contributed by atoms with Crippen LogP contribution in [0.1, 0.15) is 19.4 Å². The molecule has 0 bridgehead atoms. The fourth-order valence-corrected chi connectivity index (χ4v) is 3.09. The van der Waals surface area contributed by atoms with Gasteiger partial charge in [-0.25, -0.2) is 8.42 Å². The fourth-order valence-electron chi connectivity index (χ4n) is 1.81. The van der Waals surface area contributed by atoms with Gasteiger partial charge in [0.2, 0.25) is 9.84 Å². The van der Waals surface area contributed by atoms with Crippen molar-refractivity contribution in [1.29, 1.82) is 0 Å². The molecule has 0 N–H and O–H groups in total. The average Bonchev–Trinajstić information content (AvgIpc) is 2.47. The molecule has 0 heterocycles. The van der Waals surface area contributed by atoms with Crippen molar-refractivity contribution in [3.8, 4) is 0 Å². The first-order valence-corrected chi connectivity index (χ1v) is 7.66.